The van der Waals surface area contributed by atoms with Crippen LogP contribution >= 0.6 is 11.8 Å². The Morgan fingerprint density at radius 3 is 2.30 bits per heavy atom. The first kappa shape index (κ1) is 22.4. The standard InChI is InChI=1S/C24H38O2S/c1-8-24(9-2,18-10-11-19(25)16(3)14-18)22-15-17(4)20(27-22)12-13-21(26)23(5,6)7/h10-11,14,21-22,25-26H,8-9,12-13,15H2,1-7H3. The molecule has 0 bridgehead atoms. The van der Waals surface area contributed by atoms with Gasteiger partial charge in [-0.2, -0.15) is 0 Å². The molecular weight excluding hydrogens is 352 g/mol. The zero-order chi connectivity index (χ0) is 20.4. The molecule has 1 aliphatic heterocycles. The van der Waals surface area contributed by atoms with Crippen LogP contribution in [0.3, 0.4) is 0 Å². The molecular formula is C24H38O2S. The number of rotatable bonds is 7. The number of aryl methyl sites for hydroxylation is 1. The first-order chi connectivity index (χ1) is 12.5. The lowest BCUT2D eigenvalue weighted by Gasteiger charge is -2.38. The van der Waals surface area contributed by atoms with Gasteiger partial charge in [-0.1, -0.05) is 52.3 Å². The average molecular weight is 391 g/mol. The summed E-state index contributed by atoms with van der Waals surface area (Å²) in [6.07, 6.45) is 4.85. The van der Waals surface area contributed by atoms with Gasteiger partial charge in [0.25, 0.3) is 0 Å². The van der Waals surface area contributed by atoms with Crippen molar-refractivity contribution in [2.24, 2.45) is 5.41 Å². The lowest BCUT2D eigenvalue weighted by atomic mass is 9.71. The Bertz CT molecular complexity index is 680. The molecule has 1 aromatic rings. The number of aliphatic hydroxyl groups excluding tert-OH is 1. The Balaban J connectivity index is 2.20. The van der Waals surface area contributed by atoms with Crippen LogP contribution in [0.15, 0.2) is 28.7 Å². The Morgan fingerprint density at radius 2 is 1.78 bits per heavy atom. The van der Waals surface area contributed by atoms with Crippen molar-refractivity contribution in [2.75, 3.05) is 0 Å². The summed E-state index contributed by atoms with van der Waals surface area (Å²) in [6, 6.07) is 6.15. The molecule has 0 aliphatic carbocycles. The molecule has 2 rings (SSSR count). The lowest BCUT2D eigenvalue weighted by Crippen LogP contribution is -2.35. The Hall–Kier alpha value is -0.930. The monoisotopic (exact) mass is 390 g/mol. The molecule has 1 aromatic carbocycles. The zero-order valence-corrected chi connectivity index (χ0v) is 19.0. The van der Waals surface area contributed by atoms with E-state index in [0.717, 1.165) is 37.7 Å². The van der Waals surface area contributed by atoms with Crippen molar-refractivity contribution in [3.63, 3.8) is 0 Å². The molecule has 3 heteroatoms. The highest BCUT2D eigenvalue weighted by molar-refractivity contribution is 8.04. The third-order valence-electron chi connectivity index (χ3n) is 6.55. The van der Waals surface area contributed by atoms with Gasteiger partial charge in [-0.3, -0.25) is 0 Å². The highest BCUT2D eigenvalue weighted by Crippen LogP contribution is 2.52. The van der Waals surface area contributed by atoms with Crippen molar-refractivity contribution in [2.45, 2.75) is 97.3 Å². The maximum Gasteiger partial charge on any atom is 0.118 e. The van der Waals surface area contributed by atoms with E-state index in [0.29, 0.717) is 11.0 Å². The number of aliphatic hydroxyl groups is 1. The second kappa shape index (κ2) is 8.61. The molecule has 2 N–H and O–H groups in total. The average Bonchev–Trinajstić information content (AvgIpc) is 2.97. The molecule has 0 aromatic heterocycles. The SMILES string of the molecule is CCC(CC)(c1ccc(O)c(C)c1)C1CC(C)=C(CCC(O)C(C)(C)C)S1. The topological polar surface area (TPSA) is 40.5 Å². The van der Waals surface area contributed by atoms with Crippen LogP contribution in [-0.4, -0.2) is 21.6 Å². The van der Waals surface area contributed by atoms with E-state index in [1.807, 2.05) is 24.8 Å². The summed E-state index contributed by atoms with van der Waals surface area (Å²) in [5.41, 5.74) is 3.86. The predicted molar refractivity (Wildman–Crippen MR) is 118 cm³/mol. The number of allylic oxidation sites excluding steroid dienone is 2. The molecule has 1 aliphatic rings. The van der Waals surface area contributed by atoms with E-state index in [9.17, 15) is 10.2 Å². The van der Waals surface area contributed by atoms with E-state index in [-0.39, 0.29) is 16.9 Å². The van der Waals surface area contributed by atoms with E-state index < -0.39 is 0 Å². The Morgan fingerprint density at radius 1 is 1.15 bits per heavy atom. The minimum atomic E-state index is -0.265. The minimum absolute atomic E-state index is 0.0582. The first-order valence-electron chi connectivity index (χ1n) is 10.4. The van der Waals surface area contributed by atoms with Crippen molar-refractivity contribution in [1.82, 2.24) is 0 Å². The van der Waals surface area contributed by atoms with Gasteiger partial charge in [0.15, 0.2) is 0 Å². The molecule has 152 valence electrons. The number of benzene rings is 1. The molecule has 0 radical (unpaired) electrons. The van der Waals surface area contributed by atoms with Crippen LogP contribution in [0.4, 0.5) is 0 Å². The van der Waals surface area contributed by atoms with E-state index in [1.165, 1.54) is 16.0 Å². The third-order valence-corrected chi connectivity index (χ3v) is 8.29. The van der Waals surface area contributed by atoms with Crippen molar-refractivity contribution in [3.8, 4) is 5.75 Å². The largest absolute Gasteiger partial charge is 0.508 e. The fourth-order valence-electron chi connectivity index (χ4n) is 4.25. The second-order valence-corrected chi connectivity index (χ2v) is 10.6. The summed E-state index contributed by atoms with van der Waals surface area (Å²) in [7, 11) is 0. The van der Waals surface area contributed by atoms with Crippen LogP contribution in [0.5, 0.6) is 5.75 Å². The van der Waals surface area contributed by atoms with Crippen LogP contribution in [0, 0.1) is 12.3 Å². The number of hydrogen-bond acceptors (Lipinski definition) is 3. The van der Waals surface area contributed by atoms with E-state index in [2.05, 4.69) is 53.7 Å². The maximum atomic E-state index is 10.4. The fraction of sp³-hybridized carbons (Fsp3) is 0.667. The fourth-order valence-corrected chi connectivity index (χ4v) is 6.14. The van der Waals surface area contributed by atoms with Crippen molar-refractivity contribution < 1.29 is 10.2 Å². The quantitative estimate of drug-likeness (QED) is 0.542. The molecule has 2 nitrogen and oxygen atoms in total. The molecule has 0 amide bonds. The number of aromatic hydroxyl groups is 1. The first-order valence-corrected chi connectivity index (χ1v) is 11.3. The van der Waals surface area contributed by atoms with Crippen LogP contribution in [-0.2, 0) is 5.41 Å². The number of phenolic OH excluding ortho intramolecular Hbond substituents is 1. The summed E-state index contributed by atoms with van der Waals surface area (Å²) in [5, 5.41) is 20.9. The van der Waals surface area contributed by atoms with E-state index in [4.69, 9.17) is 0 Å². The van der Waals surface area contributed by atoms with Crippen LogP contribution in [0.2, 0.25) is 0 Å². The number of thioether (sulfide) groups is 1. The highest BCUT2D eigenvalue weighted by atomic mass is 32.2. The Labute approximate surface area is 170 Å². The number of hydrogen-bond donors (Lipinski definition) is 2. The van der Waals surface area contributed by atoms with Gasteiger partial charge >= 0.3 is 0 Å². The van der Waals surface area contributed by atoms with Crippen molar-refractivity contribution in [3.05, 3.63) is 39.8 Å². The van der Waals surface area contributed by atoms with E-state index in [1.54, 1.807) is 0 Å². The van der Waals surface area contributed by atoms with Crippen LogP contribution in [0.1, 0.15) is 84.8 Å². The van der Waals surface area contributed by atoms with Gasteiger partial charge in [-0.05, 0) is 73.5 Å². The van der Waals surface area contributed by atoms with Crippen molar-refractivity contribution >= 4 is 11.8 Å². The van der Waals surface area contributed by atoms with Crippen molar-refractivity contribution in [1.29, 1.82) is 0 Å². The molecule has 0 fully saturated rings. The lowest BCUT2D eigenvalue weighted by molar-refractivity contribution is 0.0564. The molecule has 0 saturated carbocycles. The van der Waals surface area contributed by atoms with Gasteiger partial charge in [-0.15, -0.1) is 11.8 Å². The Kier molecular flexibility index (Phi) is 7.13. The summed E-state index contributed by atoms with van der Waals surface area (Å²) in [5.74, 6) is 0.380. The normalized spacial score (nSPS) is 19.6. The van der Waals surface area contributed by atoms with E-state index >= 15 is 0 Å². The third kappa shape index (κ3) is 4.74. The second-order valence-electron chi connectivity index (χ2n) is 9.30. The van der Waals surface area contributed by atoms with Gasteiger partial charge in [0.05, 0.1) is 6.10 Å². The molecule has 1 heterocycles. The van der Waals surface area contributed by atoms with Crippen LogP contribution in [0.25, 0.3) is 0 Å². The maximum absolute atomic E-state index is 10.4. The molecule has 27 heavy (non-hydrogen) atoms. The van der Waals surface area contributed by atoms with Gasteiger partial charge in [0.2, 0.25) is 0 Å². The summed E-state index contributed by atoms with van der Waals surface area (Å²) < 4.78 is 0. The molecule has 2 atom stereocenters. The van der Waals surface area contributed by atoms with Crippen LogP contribution < -0.4 is 0 Å². The molecule has 0 spiro atoms. The van der Waals surface area contributed by atoms with Gasteiger partial charge in [0, 0.05) is 10.7 Å². The highest BCUT2D eigenvalue weighted by Gasteiger charge is 2.41. The van der Waals surface area contributed by atoms with Gasteiger partial charge < -0.3 is 10.2 Å². The minimum Gasteiger partial charge on any atom is -0.508 e. The smallest absolute Gasteiger partial charge is 0.118 e. The molecule has 2 unspecified atom stereocenters. The summed E-state index contributed by atoms with van der Waals surface area (Å²) >= 11 is 2.04. The van der Waals surface area contributed by atoms with Gasteiger partial charge in [-0.25, -0.2) is 0 Å². The predicted octanol–water partition coefficient (Wildman–Crippen LogP) is 6.73. The summed E-state index contributed by atoms with van der Waals surface area (Å²) in [4.78, 5) is 1.48. The summed E-state index contributed by atoms with van der Waals surface area (Å²) in [6.45, 7) is 15.2. The molecule has 0 saturated heterocycles. The van der Waals surface area contributed by atoms with Gasteiger partial charge in [0.1, 0.15) is 5.75 Å². The number of phenols is 1. The zero-order valence-electron chi connectivity index (χ0n) is 18.2.